The Labute approximate surface area is 224 Å². The van der Waals surface area contributed by atoms with E-state index in [1.54, 1.807) is 34.9 Å². The van der Waals surface area contributed by atoms with Gasteiger partial charge in [-0.1, -0.05) is 57.7 Å². The second-order valence-corrected chi connectivity index (χ2v) is 14.4. The molecule has 1 aliphatic heterocycles. The third kappa shape index (κ3) is 5.06. The van der Waals surface area contributed by atoms with Crippen LogP contribution in [0.1, 0.15) is 70.2 Å². The quantitative estimate of drug-likeness (QED) is 0.365. The van der Waals surface area contributed by atoms with E-state index in [9.17, 15) is 10.1 Å². The highest BCUT2D eigenvalue weighted by Crippen LogP contribution is 2.53. The second kappa shape index (κ2) is 10.7. The van der Waals surface area contributed by atoms with E-state index in [1.165, 1.54) is 20.4 Å². The fourth-order valence-corrected chi connectivity index (χ4v) is 8.82. The Kier molecular flexibility index (Phi) is 8.01. The fourth-order valence-electron chi connectivity index (χ4n) is 4.64. The van der Waals surface area contributed by atoms with Crippen molar-refractivity contribution in [2.24, 2.45) is 11.1 Å². The summed E-state index contributed by atoms with van der Waals surface area (Å²) in [6.07, 6.45) is 3.09. The second-order valence-electron chi connectivity index (χ2n) is 9.42. The van der Waals surface area contributed by atoms with Crippen LogP contribution in [0.5, 0.6) is 0 Å². The van der Waals surface area contributed by atoms with E-state index >= 15 is 0 Å². The summed E-state index contributed by atoms with van der Waals surface area (Å²) in [7, 11) is 0. The molecule has 0 saturated carbocycles. The van der Waals surface area contributed by atoms with Gasteiger partial charge in [0, 0.05) is 28.3 Å². The van der Waals surface area contributed by atoms with Crippen LogP contribution in [0.2, 0.25) is 0 Å². The van der Waals surface area contributed by atoms with Crippen LogP contribution in [0.3, 0.4) is 0 Å². The number of Topliss-reactive ketones (excluding diaryl/α,β-unsaturated/α-hetero) is 1. The minimum absolute atomic E-state index is 0.0910. The molecule has 10 heteroatoms. The van der Waals surface area contributed by atoms with E-state index in [1.807, 2.05) is 4.90 Å². The molecule has 4 rings (SSSR count). The number of hydrogen-bond acceptors (Lipinski definition) is 10. The van der Waals surface area contributed by atoms with Crippen LogP contribution in [0.4, 0.5) is 5.13 Å². The Morgan fingerprint density at radius 3 is 2.66 bits per heavy atom. The molecule has 1 aliphatic carbocycles. The molecule has 6 nitrogen and oxygen atoms in total. The monoisotopic (exact) mass is 545 g/mol. The summed E-state index contributed by atoms with van der Waals surface area (Å²) in [5.74, 6) is 1.89. The molecular formula is C25H31N5OS4. The van der Waals surface area contributed by atoms with Crippen LogP contribution >= 0.6 is 46.2 Å². The molecule has 0 spiro atoms. The summed E-state index contributed by atoms with van der Waals surface area (Å²) in [4.78, 5) is 16.9. The van der Waals surface area contributed by atoms with Crippen molar-refractivity contribution in [3.05, 3.63) is 39.2 Å². The Bertz CT molecular complexity index is 1230. The van der Waals surface area contributed by atoms with E-state index in [4.69, 9.17) is 5.73 Å². The first-order chi connectivity index (χ1) is 16.7. The number of hydrogen-bond donors (Lipinski definition) is 1. The van der Waals surface area contributed by atoms with Crippen LogP contribution in [-0.4, -0.2) is 27.5 Å². The summed E-state index contributed by atoms with van der Waals surface area (Å²) in [5.41, 5.74) is 9.59. The first-order valence-corrected chi connectivity index (χ1v) is 15.5. The number of thioether (sulfide) groups is 2. The lowest BCUT2D eigenvalue weighted by Crippen LogP contribution is -2.42. The molecule has 0 radical (unpaired) electrons. The van der Waals surface area contributed by atoms with Crippen molar-refractivity contribution in [3.63, 3.8) is 0 Å². The number of aromatic nitrogens is 2. The van der Waals surface area contributed by atoms with Gasteiger partial charge in [0.15, 0.2) is 10.1 Å². The third-order valence-electron chi connectivity index (χ3n) is 6.11. The van der Waals surface area contributed by atoms with Gasteiger partial charge in [-0.25, -0.2) is 0 Å². The summed E-state index contributed by atoms with van der Waals surface area (Å²) in [5, 5.41) is 19.8. The molecule has 2 aromatic heterocycles. The van der Waals surface area contributed by atoms with Gasteiger partial charge in [0.2, 0.25) is 5.13 Å². The molecule has 186 valence electrons. The van der Waals surface area contributed by atoms with Crippen LogP contribution < -0.4 is 10.6 Å². The van der Waals surface area contributed by atoms with Crippen LogP contribution in [0.15, 0.2) is 37.3 Å². The molecule has 0 fully saturated rings. The average molecular weight is 546 g/mol. The summed E-state index contributed by atoms with van der Waals surface area (Å²) < 4.78 is 2.04. The summed E-state index contributed by atoms with van der Waals surface area (Å²) in [6, 6.07) is 4.56. The predicted molar refractivity (Wildman–Crippen MR) is 148 cm³/mol. The smallest absolute Gasteiger partial charge is 0.219 e. The zero-order valence-corrected chi connectivity index (χ0v) is 24.1. The largest absolute Gasteiger partial charge is 0.384 e. The maximum atomic E-state index is 13.8. The number of nitrogens with two attached hydrogens (primary N) is 1. The van der Waals surface area contributed by atoms with Crippen molar-refractivity contribution in [3.8, 4) is 6.07 Å². The first kappa shape index (κ1) is 26.3. The minimum Gasteiger partial charge on any atom is -0.384 e. The lowest BCUT2D eigenvalue weighted by atomic mass is 9.69. The fraction of sp³-hybridized carbons (Fsp3) is 0.520. The molecule has 1 unspecified atom stereocenters. The minimum atomic E-state index is -0.442. The molecule has 1 atom stereocenters. The molecule has 2 N–H and O–H groups in total. The maximum absolute atomic E-state index is 13.8. The molecular weight excluding hydrogens is 515 g/mol. The van der Waals surface area contributed by atoms with Gasteiger partial charge in [0.05, 0.1) is 21.8 Å². The topological polar surface area (TPSA) is 95.9 Å². The number of ketones is 1. The Morgan fingerprint density at radius 1 is 1.23 bits per heavy atom. The van der Waals surface area contributed by atoms with Gasteiger partial charge in [-0.2, -0.15) is 5.26 Å². The average Bonchev–Trinajstić information content (AvgIpc) is 3.43. The number of nitrogens with zero attached hydrogens (tertiary/aromatic N) is 4. The number of anilines is 1. The molecule has 2 aromatic rings. The Hall–Kier alpha value is -1.80. The van der Waals surface area contributed by atoms with Crippen LogP contribution in [0.25, 0.3) is 0 Å². The van der Waals surface area contributed by atoms with E-state index in [0.29, 0.717) is 34.9 Å². The Morgan fingerprint density at radius 2 is 2.00 bits per heavy atom. The number of nitriles is 1. The molecule has 2 aliphatic rings. The van der Waals surface area contributed by atoms with Gasteiger partial charge in [-0.05, 0) is 42.1 Å². The van der Waals surface area contributed by atoms with Gasteiger partial charge in [-0.15, -0.1) is 33.3 Å². The van der Waals surface area contributed by atoms with Gasteiger partial charge in [0.25, 0.3) is 0 Å². The van der Waals surface area contributed by atoms with E-state index in [0.717, 1.165) is 39.9 Å². The molecule has 0 saturated heterocycles. The number of carbonyl (C=O) groups excluding carboxylic acids is 1. The summed E-state index contributed by atoms with van der Waals surface area (Å²) >= 11 is 6.66. The lowest BCUT2D eigenvalue weighted by Gasteiger charge is -2.42. The van der Waals surface area contributed by atoms with Crippen molar-refractivity contribution < 1.29 is 4.79 Å². The first-order valence-electron chi connectivity index (χ1n) is 11.9. The SMILES string of the molecule is CCCSc1nnc(N2C(N)=C(C#N)C(c3cc(CC)sc3SCC)C3=C2CC(C)(C)CC3=O)s1. The van der Waals surface area contributed by atoms with Crippen LogP contribution in [0, 0.1) is 16.7 Å². The normalized spacial score (nSPS) is 19.8. The lowest BCUT2D eigenvalue weighted by molar-refractivity contribution is -0.118. The van der Waals surface area contributed by atoms with Crippen LogP contribution in [-0.2, 0) is 11.2 Å². The van der Waals surface area contributed by atoms with Crippen molar-refractivity contribution in [2.75, 3.05) is 16.4 Å². The highest BCUT2D eigenvalue weighted by molar-refractivity contribution is 8.01. The van der Waals surface area contributed by atoms with E-state index < -0.39 is 5.92 Å². The number of carbonyl (C=O) groups is 1. The molecule has 0 amide bonds. The van der Waals surface area contributed by atoms with E-state index in [-0.39, 0.29) is 11.2 Å². The van der Waals surface area contributed by atoms with Gasteiger partial charge < -0.3 is 5.73 Å². The van der Waals surface area contributed by atoms with Crippen molar-refractivity contribution in [1.82, 2.24) is 10.2 Å². The standard InChI is InChI=1S/C25H31N5OS4/c1-6-9-33-24-29-28-23(35-24)30-17-11-25(4,5)12-18(31)20(17)19(16(13-26)21(30)27)15-10-14(7-2)34-22(15)32-8-3/h10,19H,6-9,11-12,27H2,1-5H3. The predicted octanol–water partition coefficient (Wildman–Crippen LogP) is 6.72. The van der Waals surface area contributed by atoms with Crippen molar-refractivity contribution in [2.45, 2.75) is 74.8 Å². The number of thiophene rings is 1. The zero-order chi connectivity index (χ0) is 25.3. The summed E-state index contributed by atoms with van der Waals surface area (Å²) in [6.45, 7) is 10.6. The Balaban J connectivity index is 1.93. The van der Waals surface area contributed by atoms with Crippen molar-refractivity contribution >= 4 is 57.1 Å². The van der Waals surface area contributed by atoms with Gasteiger partial charge in [0.1, 0.15) is 5.82 Å². The molecule has 0 aromatic carbocycles. The molecule has 3 heterocycles. The zero-order valence-electron chi connectivity index (χ0n) is 20.8. The highest BCUT2D eigenvalue weighted by Gasteiger charge is 2.46. The third-order valence-corrected chi connectivity index (χ3v) is 10.8. The van der Waals surface area contributed by atoms with Gasteiger partial charge in [-0.3, -0.25) is 9.69 Å². The number of aryl methyl sites for hydroxylation is 1. The number of allylic oxidation sites excluding steroid dienone is 3. The maximum Gasteiger partial charge on any atom is 0.219 e. The number of rotatable bonds is 8. The molecule has 35 heavy (non-hydrogen) atoms. The van der Waals surface area contributed by atoms with Crippen molar-refractivity contribution in [1.29, 1.82) is 5.26 Å². The van der Waals surface area contributed by atoms with E-state index in [2.05, 4.69) is 57.0 Å². The highest BCUT2D eigenvalue weighted by atomic mass is 32.2. The van der Waals surface area contributed by atoms with Gasteiger partial charge >= 0.3 is 0 Å². The molecule has 0 bridgehead atoms.